The molecule has 0 atom stereocenters. The smallest absolute Gasteiger partial charge is 0.264 e. The van der Waals surface area contributed by atoms with Crippen molar-refractivity contribution in [2.45, 2.75) is 37.5 Å². The van der Waals surface area contributed by atoms with Crippen molar-refractivity contribution in [1.29, 1.82) is 0 Å². The van der Waals surface area contributed by atoms with Crippen molar-refractivity contribution in [2.75, 3.05) is 19.5 Å². The van der Waals surface area contributed by atoms with Gasteiger partial charge in [-0.1, -0.05) is 35.7 Å². The largest absolute Gasteiger partial charge is 0.296 e. The van der Waals surface area contributed by atoms with Gasteiger partial charge in [-0.2, -0.15) is 0 Å². The lowest BCUT2D eigenvalue weighted by atomic mass is 10.1. The van der Waals surface area contributed by atoms with E-state index in [-0.39, 0.29) is 10.5 Å². The quantitative estimate of drug-likeness (QED) is 0.686. The average Bonchev–Trinajstić information content (AvgIpc) is 3.10. The Morgan fingerprint density at radius 2 is 2.00 bits per heavy atom. The third-order valence-corrected chi connectivity index (χ3v) is 6.66. The second-order valence-corrected chi connectivity index (χ2v) is 8.48. The highest BCUT2D eigenvalue weighted by atomic mass is 32.2. The molecule has 0 unspecified atom stereocenters. The predicted octanol–water partition coefficient (Wildman–Crippen LogP) is 2.88. The molecular weight excluding hydrogens is 376 g/mol. The van der Waals surface area contributed by atoms with Gasteiger partial charge in [0.25, 0.3) is 15.9 Å². The summed E-state index contributed by atoms with van der Waals surface area (Å²) in [7, 11) is -1.29. The van der Waals surface area contributed by atoms with Gasteiger partial charge in [0.05, 0.1) is 12.0 Å². The number of sulfonamides is 1. The average molecular weight is 399 g/mol. The van der Waals surface area contributed by atoms with Crippen LogP contribution in [0.25, 0.3) is 0 Å². The summed E-state index contributed by atoms with van der Waals surface area (Å²) in [6.07, 6.45) is 1.90. The van der Waals surface area contributed by atoms with Gasteiger partial charge < -0.3 is 0 Å². The highest BCUT2D eigenvalue weighted by Crippen LogP contribution is 2.28. The van der Waals surface area contributed by atoms with E-state index in [4.69, 9.17) is 4.84 Å². The number of nitrogens with one attached hydrogen (secondary N) is 1. The Labute approximate surface area is 157 Å². The van der Waals surface area contributed by atoms with Crippen molar-refractivity contribution in [3.63, 3.8) is 0 Å². The molecule has 10 heteroatoms. The Morgan fingerprint density at radius 1 is 1.31 bits per heavy atom. The number of hydroxylamine groups is 1. The van der Waals surface area contributed by atoms with E-state index in [9.17, 15) is 13.2 Å². The summed E-state index contributed by atoms with van der Waals surface area (Å²) >= 11 is 1.33. The highest BCUT2D eigenvalue weighted by Gasteiger charge is 2.22. The van der Waals surface area contributed by atoms with Gasteiger partial charge in [-0.3, -0.25) is 14.9 Å². The van der Waals surface area contributed by atoms with Crippen LogP contribution in [0.15, 0.2) is 29.2 Å². The summed E-state index contributed by atoms with van der Waals surface area (Å²) < 4.78 is 25.3. The molecule has 1 amide bonds. The molecule has 0 aliphatic rings. The number of carbonyl (C=O) groups is 1. The first kappa shape index (κ1) is 20.4. The Balaban J connectivity index is 2.20. The Hall–Kier alpha value is -1.88. The summed E-state index contributed by atoms with van der Waals surface area (Å²) in [4.78, 5) is 17.1. The third-order valence-electron chi connectivity index (χ3n) is 3.99. The molecule has 0 aliphatic heterocycles. The van der Waals surface area contributed by atoms with Crippen LogP contribution in [0.3, 0.4) is 0 Å². The maximum atomic E-state index is 12.4. The SMILES string of the molecule is CCC(CC)c1nnc(NC(=O)c2cccc(S(=O)(=O)N(C)OC)c2)s1. The van der Waals surface area contributed by atoms with Crippen LogP contribution in [-0.4, -0.2) is 43.1 Å². The molecule has 0 fully saturated rings. The first-order chi connectivity index (χ1) is 12.3. The van der Waals surface area contributed by atoms with E-state index in [1.807, 2.05) is 0 Å². The van der Waals surface area contributed by atoms with E-state index in [1.54, 1.807) is 0 Å². The van der Waals surface area contributed by atoms with Crippen molar-refractivity contribution in [2.24, 2.45) is 0 Å². The Kier molecular flexibility index (Phi) is 6.81. The minimum Gasteiger partial charge on any atom is -0.296 e. The molecule has 2 aromatic rings. The van der Waals surface area contributed by atoms with Gasteiger partial charge in [0, 0.05) is 18.5 Å². The first-order valence-corrected chi connectivity index (χ1v) is 10.4. The fourth-order valence-electron chi connectivity index (χ4n) is 2.30. The van der Waals surface area contributed by atoms with Crippen LogP contribution >= 0.6 is 11.3 Å². The van der Waals surface area contributed by atoms with E-state index < -0.39 is 15.9 Å². The van der Waals surface area contributed by atoms with Crippen molar-refractivity contribution in [1.82, 2.24) is 14.7 Å². The molecule has 0 saturated heterocycles. The van der Waals surface area contributed by atoms with Crippen LogP contribution in [0, 0.1) is 0 Å². The zero-order valence-corrected chi connectivity index (χ0v) is 16.7. The molecule has 1 aromatic heterocycles. The van der Waals surface area contributed by atoms with Gasteiger partial charge in [-0.15, -0.1) is 10.2 Å². The molecule has 8 nitrogen and oxygen atoms in total. The fourth-order valence-corrected chi connectivity index (χ4v) is 4.33. The van der Waals surface area contributed by atoms with Gasteiger partial charge in [-0.25, -0.2) is 8.42 Å². The van der Waals surface area contributed by atoms with E-state index in [2.05, 4.69) is 29.4 Å². The van der Waals surface area contributed by atoms with E-state index in [1.165, 1.54) is 49.8 Å². The Bertz CT molecular complexity index is 863. The van der Waals surface area contributed by atoms with E-state index in [0.717, 1.165) is 22.3 Å². The summed E-state index contributed by atoms with van der Waals surface area (Å²) in [5.41, 5.74) is 0.204. The van der Waals surface area contributed by atoms with Crippen molar-refractivity contribution in [3.8, 4) is 0 Å². The van der Waals surface area contributed by atoms with Gasteiger partial charge in [0.2, 0.25) is 5.13 Å². The van der Waals surface area contributed by atoms with Crippen LogP contribution in [0.5, 0.6) is 0 Å². The molecule has 1 heterocycles. The molecule has 0 aliphatic carbocycles. The number of hydrogen-bond donors (Lipinski definition) is 1. The number of anilines is 1. The third kappa shape index (κ3) is 4.44. The van der Waals surface area contributed by atoms with Gasteiger partial charge in [-0.05, 0) is 31.0 Å². The molecule has 142 valence electrons. The molecule has 2 rings (SSSR count). The number of aromatic nitrogens is 2. The van der Waals surface area contributed by atoms with Crippen molar-refractivity contribution < 1.29 is 18.0 Å². The normalized spacial score (nSPS) is 11.9. The second kappa shape index (κ2) is 8.67. The number of nitrogens with zero attached hydrogens (tertiary/aromatic N) is 3. The summed E-state index contributed by atoms with van der Waals surface area (Å²) in [6.45, 7) is 4.16. The van der Waals surface area contributed by atoms with Crippen molar-refractivity contribution in [3.05, 3.63) is 34.8 Å². The molecule has 0 spiro atoms. The standard InChI is InChI=1S/C16H22N4O4S2/c1-5-11(6-2)15-18-19-16(25-15)17-14(21)12-8-7-9-13(10-12)26(22,23)20(3)24-4/h7-11H,5-6H2,1-4H3,(H,17,19,21). The summed E-state index contributed by atoms with van der Waals surface area (Å²) in [5.74, 6) is -0.134. The molecule has 0 bridgehead atoms. The molecule has 1 aromatic carbocycles. The molecular formula is C16H22N4O4S2. The maximum absolute atomic E-state index is 12.4. The van der Waals surface area contributed by atoms with Crippen molar-refractivity contribution >= 4 is 32.4 Å². The predicted molar refractivity (Wildman–Crippen MR) is 99.6 cm³/mol. The zero-order valence-electron chi connectivity index (χ0n) is 15.1. The Morgan fingerprint density at radius 3 is 2.62 bits per heavy atom. The molecule has 0 saturated carbocycles. The number of hydrogen-bond acceptors (Lipinski definition) is 7. The summed E-state index contributed by atoms with van der Waals surface area (Å²) in [6, 6.07) is 5.73. The van der Waals surface area contributed by atoms with Gasteiger partial charge in [0.15, 0.2) is 0 Å². The highest BCUT2D eigenvalue weighted by molar-refractivity contribution is 7.89. The van der Waals surface area contributed by atoms with E-state index >= 15 is 0 Å². The van der Waals surface area contributed by atoms with Gasteiger partial charge in [0.1, 0.15) is 5.01 Å². The zero-order chi connectivity index (χ0) is 19.3. The topological polar surface area (TPSA) is 101 Å². The van der Waals surface area contributed by atoms with Crippen LogP contribution in [0.4, 0.5) is 5.13 Å². The number of benzene rings is 1. The lowest BCUT2D eigenvalue weighted by Gasteiger charge is -2.14. The second-order valence-electron chi connectivity index (χ2n) is 5.54. The molecule has 26 heavy (non-hydrogen) atoms. The van der Waals surface area contributed by atoms with Crippen LogP contribution < -0.4 is 5.32 Å². The molecule has 0 radical (unpaired) electrons. The minimum absolute atomic E-state index is 0.0375. The minimum atomic E-state index is -3.83. The lowest BCUT2D eigenvalue weighted by molar-refractivity contribution is -0.0258. The monoisotopic (exact) mass is 398 g/mol. The lowest BCUT2D eigenvalue weighted by Crippen LogP contribution is -2.26. The van der Waals surface area contributed by atoms with Gasteiger partial charge >= 0.3 is 0 Å². The number of amides is 1. The first-order valence-electron chi connectivity index (χ1n) is 8.11. The summed E-state index contributed by atoms with van der Waals surface area (Å²) in [5, 5.41) is 12.1. The van der Waals surface area contributed by atoms with Crippen LogP contribution in [0.2, 0.25) is 0 Å². The number of rotatable bonds is 8. The fraction of sp³-hybridized carbons (Fsp3) is 0.438. The van der Waals surface area contributed by atoms with Crippen LogP contribution in [-0.2, 0) is 14.9 Å². The van der Waals surface area contributed by atoms with E-state index in [0.29, 0.717) is 11.0 Å². The van der Waals surface area contributed by atoms with Crippen LogP contribution in [0.1, 0.15) is 48.0 Å². The maximum Gasteiger partial charge on any atom is 0.264 e. The number of carbonyl (C=O) groups excluding carboxylic acids is 1. The molecule has 1 N–H and O–H groups in total.